The molecule has 0 rings (SSSR count). The first kappa shape index (κ1) is 23.3. The molecule has 0 spiro atoms. The summed E-state index contributed by atoms with van der Waals surface area (Å²) in [5.41, 5.74) is 0. The van der Waals surface area contributed by atoms with Gasteiger partial charge in [0.15, 0.2) is 8.32 Å². The number of hydrogen-bond acceptors (Lipinski definition) is 2. The lowest BCUT2D eigenvalue weighted by atomic mass is 10.00. The molecule has 0 radical (unpaired) electrons. The molecule has 0 saturated carbocycles. The van der Waals surface area contributed by atoms with Gasteiger partial charge in [-0.2, -0.15) is 0 Å². The lowest BCUT2D eigenvalue weighted by Gasteiger charge is -2.32. The predicted octanol–water partition coefficient (Wildman–Crippen LogP) is 4.98. The fourth-order valence-corrected chi connectivity index (χ4v) is 10.4. The Kier molecular flexibility index (Phi) is 10.5. The number of nitrogens with zero attached hydrogens (tertiary/aromatic N) is 1. The Morgan fingerprint density at radius 2 is 1.52 bits per heavy atom. The first-order valence-electron chi connectivity index (χ1n) is 9.61. The molecule has 1 atom stereocenters. The Morgan fingerprint density at radius 3 is 2.04 bits per heavy atom. The number of quaternary nitrogens is 1. The van der Waals surface area contributed by atoms with Gasteiger partial charge in [0.25, 0.3) is 0 Å². The molecule has 5 heteroatoms. The van der Waals surface area contributed by atoms with E-state index in [-0.39, 0.29) is 0 Å². The molecule has 23 heavy (non-hydrogen) atoms. The van der Waals surface area contributed by atoms with Crippen LogP contribution in [0.15, 0.2) is 0 Å². The third kappa shape index (κ3) is 14.4. The van der Waals surface area contributed by atoms with Crippen molar-refractivity contribution in [2.24, 2.45) is 5.92 Å². The van der Waals surface area contributed by atoms with Crippen LogP contribution in [0.3, 0.4) is 0 Å². The highest BCUT2D eigenvalue weighted by atomic mass is 28.4. The Bertz CT molecular complexity index is 315. The largest absolute Gasteiger partial charge is 0.436 e. The number of unbranched alkanes of at least 4 members (excludes halogenated alkanes) is 1. The second-order valence-electron chi connectivity index (χ2n) is 9.18. The minimum absolute atomic E-state index is 0.884. The third-order valence-electron chi connectivity index (χ3n) is 4.56. The molecule has 0 bridgehead atoms. The van der Waals surface area contributed by atoms with E-state index in [0.717, 1.165) is 16.4 Å². The van der Waals surface area contributed by atoms with E-state index in [4.69, 9.17) is 4.12 Å². The molecule has 1 unspecified atom stereocenters. The minimum atomic E-state index is -2.37. The second kappa shape index (κ2) is 10.3. The van der Waals surface area contributed by atoms with Gasteiger partial charge in [-0.1, -0.05) is 26.7 Å². The van der Waals surface area contributed by atoms with Crippen LogP contribution in [0.5, 0.6) is 0 Å². The summed E-state index contributed by atoms with van der Waals surface area (Å²) in [6.45, 7) is 15.5. The fourth-order valence-electron chi connectivity index (χ4n) is 3.43. The van der Waals surface area contributed by atoms with Crippen LogP contribution in [-0.2, 0) is 4.12 Å². The Balaban J connectivity index is 3.93. The summed E-state index contributed by atoms with van der Waals surface area (Å²) in [6, 6.07) is 1.16. The summed E-state index contributed by atoms with van der Waals surface area (Å²) in [5.74, 6) is 0.884. The maximum Gasteiger partial charge on any atom is 0.318 e. The predicted molar refractivity (Wildman–Crippen MR) is 107 cm³/mol. The summed E-state index contributed by atoms with van der Waals surface area (Å²) in [5, 5.41) is 0. The molecule has 0 amide bonds. The van der Waals surface area contributed by atoms with Gasteiger partial charge in [0, 0.05) is 0 Å². The van der Waals surface area contributed by atoms with Crippen LogP contribution >= 0.6 is 0 Å². The van der Waals surface area contributed by atoms with Crippen molar-refractivity contribution in [1.82, 2.24) is 0 Å². The lowest BCUT2D eigenvalue weighted by Crippen LogP contribution is -2.44. The van der Waals surface area contributed by atoms with Crippen molar-refractivity contribution in [3.63, 3.8) is 0 Å². The zero-order valence-electron chi connectivity index (χ0n) is 17.2. The van der Waals surface area contributed by atoms with Gasteiger partial charge >= 0.3 is 8.56 Å². The molecule has 0 aromatic carbocycles. The number of rotatable bonds is 13. The molecule has 0 aliphatic heterocycles. The van der Waals surface area contributed by atoms with E-state index < -0.39 is 16.9 Å². The van der Waals surface area contributed by atoms with Crippen molar-refractivity contribution in [3.05, 3.63) is 0 Å². The van der Waals surface area contributed by atoms with Crippen LogP contribution in [0.25, 0.3) is 0 Å². The molecule has 140 valence electrons. The average Bonchev–Trinajstić information content (AvgIpc) is 2.32. The Hall–Kier alpha value is 0.314. The van der Waals surface area contributed by atoms with Crippen LogP contribution in [0.4, 0.5) is 0 Å². The van der Waals surface area contributed by atoms with Crippen molar-refractivity contribution in [2.75, 3.05) is 27.2 Å². The normalized spacial score (nSPS) is 15.0. The van der Waals surface area contributed by atoms with E-state index >= 15 is 0 Å². The summed E-state index contributed by atoms with van der Waals surface area (Å²) in [7, 11) is 0.690. The van der Waals surface area contributed by atoms with Gasteiger partial charge < -0.3 is 13.4 Å². The standard InChI is InChI=1S/C18H44NO2Si2/c1-9-13-18(2)14-12-16-19(3,4)15-10-11-17-22(5,6)21-23(7,8)20/h18,20H,9-17H2,1-8H3/q+1. The minimum Gasteiger partial charge on any atom is -0.436 e. The van der Waals surface area contributed by atoms with E-state index in [1.807, 2.05) is 13.1 Å². The molecule has 0 heterocycles. The van der Waals surface area contributed by atoms with Crippen molar-refractivity contribution in [1.29, 1.82) is 0 Å². The third-order valence-corrected chi connectivity index (χ3v) is 10.3. The average molecular weight is 363 g/mol. The van der Waals surface area contributed by atoms with Crippen LogP contribution < -0.4 is 0 Å². The van der Waals surface area contributed by atoms with Gasteiger partial charge in [0.2, 0.25) is 0 Å². The van der Waals surface area contributed by atoms with Gasteiger partial charge in [-0.15, -0.1) is 0 Å². The van der Waals surface area contributed by atoms with E-state index in [1.165, 1.54) is 51.6 Å². The highest BCUT2D eigenvalue weighted by Crippen LogP contribution is 2.20. The molecular formula is C18H44NO2Si2+. The van der Waals surface area contributed by atoms with Crippen molar-refractivity contribution in [3.8, 4) is 0 Å². The fraction of sp³-hybridized carbons (Fsp3) is 1.00. The molecule has 0 aliphatic rings. The van der Waals surface area contributed by atoms with Crippen molar-refractivity contribution >= 4 is 16.9 Å². The molecule has 3 nitrogen and oxygen atoms in total. The van der Waals surface area contributed by atoms with Gasteiger partial charge in [0.05, 0.1) is 27.2 Å². The zero-order valence-corrected chi connectivity index (χ0v) is 19.2. The number of hydrogen-bond donors (Lipinski definition) is 1. The van der Waals surface area contributed by atoms with E-state index in [2.05, 4.69) is 41.0 Å². The maximum absolute atomic E-state index is 9.97. The molecule has 0 saturated heterocycles. The quantitative estimate of drug-likeness (QED) is 0.284. The van der Waals surface area contributed by atoms with Crippen LogP contribution in [0, 0.1) is 5.92 Å². The van der Waals surface area contributed by atoms with Crippen molar-refractivity contribution < 1.29 is 13.4 Å². The summed E-state index contributed by atoms with van der Waals surface area (Å²) >= 11 is 0. The highest BCUT2D eigenvalue weighted by molar-refractivity contribution is 6.81. The Labute approximate surface area is 148 Å². The van der Waals surface area contributed by atoms with Gasteiger partial charge in [-0.25, -0.2) is 0 Å². The van der Waals surface area contributed by atoms with Crippen LogP contribution in [0.1, 0.15) is 52.4 Å². The van der Waals surface area contributed by atoms with Gasteiger partial charge in [-0.05, 0) is 63.8 Å². The zero-order chi connectivity index (χ0) is 18.1. The topological polar surface area (TPSA) is 29.5 Å². The van der Waals surface area contributed by atoms with Crippen LogP contribution in [0.2, 0.25) is 32.2 Å². The highest BCUT2D eigenvalue weighted by Gasteiger charge is 2.31. The molecular weight excluding hydrogens is 318 g/mol. The molecule has 1 N–H and O–H groups in total. The summed E-state index contributed by atoms with van der Waals surface area (Å²) < 4.78 is 7.14. The van der Waals surface area contributed by atoms with E-state index in [1.54, 1.807) is 0 Å². The molecule has 0 aliphatic carbocycles. The van der Waals surface area contributed by atoms with Crippen LogP contribution in [-0.4, -0.2) is 53.3 Å². The summed E-state index contributed by atoms with van der Waals surface area (Å²) in [6.07, 6.45) is 7.91. The SMILES string of the molecule is CCCC(C)CCC[N+](C)(C)CCCC[Si](C)(C)O[Si](C)(C)O. The molecule has 0 aromatic heterocycles. The van der Waals surface area contributed by atoms with Crippen molar-refractivity contribution in [2.45, 2.75) is 84.6 Å². The van der Waals surface area contributed by atoms with Gasteiger partial charge in [0.1, 0.15) is 0 Å². The first-order chi connectivity index (χ1) is 10.4. The monoisotopic (exact) mass is 362 g/mol. The van der Waals surface area contributed by atoms with E-state index in [0.29, 0.717) is 0 Å². The smallest absolute Gasteiger partial charge is 0.318 e. The molecule has 0 aromatic rings. The van der Waals surface area contributed by atoms with Gasteiger partial charge in [-0.3, -0.25) is 0 Å². The Morgan fingerprint density at radius 1 is 0.957 bits per heavy atom. The maximum atomic E-state index is 9.97. The molecule has 0 fully saturated rings. The summed E-state index contributed by atoms with van der Waals surface area (Å²) in [4.78, 5) is 9.97. The lowest BCUT2D eigenvalue weighted by molar-refractivity contribution is -0.890. The van der Waals surface area contributed by atoms with E-state index in [9.17, 15) is 4.80 Å². The second-order valence-corrected chi connectivity index (χ2v) is 16.9. The first-order valence-corrected chi connectivity index (χ1v) is 15.6.